The molecule has 2 aliphatic rings. The fraction of sp³-hybridized carbons (Fsp3) is 0.600. The minimum atomic E-state index is -0.109. The molecule has 1 aliphatic heterocycles. The lowest BCUT2D eigenvalue weighted by Crippen LogP contribution is -2.38. The first kappa shape index (κ1) is 10.1. The Balaban J connectivity index is 1.75. The van der Waals surface area contributed by atoms with Gasteiger partial charge in [-0.1, -0.05) is 11.6 Å². The van der Waals surface area contributed by atoms with E-state index in [1.807, 2.05) is 0 Å². The highest BCUT2D eigenvalue weighted by atomic mass is 35.5. The molecule has 0 spiro atoms. The van der Waals surface area contributed by atoms with Gasteiger partial charge in [-0.3, -0.25) is 0 Å². The SMILES string of the molecule is OC1CC(CN2CNc3ncnc(Cl)c32)C1. The summed E-state index contributed by atoms with van der Waals surface area (Å²) in [7, 11) is 0. The number of aliphatic hydroxyl groups excluding tert-OH is 1. The van der Waals surface area contributed by atoms with Crippen LogP contribution in [0.1, 0.15) is 12.8 Å². The molecule has 6 heteroatoms. The van der Waals surface area contributed by atoms with Crippen molar-refractivity contribution in [3.05, 3.63) is 11.5 Å². The third-order valence-electron chi connectivity index (χ3n) is 3.22. The molecule has 1 saturated carbocycles. The van der Waals surface area contributed by atoms with E-state index in [1.165, 1.54) is 6.33 Å². The number of nitrogens with one attached hydrogen (secondary N) is 1. The number of halogens is 1. The summed E-state index contributed by atoms with van der Waals surface area (Å²) in [5.41, 5.74) is 0.894. The second-order valence-corrected chi connectivity index (χ2v) is 4.77. The maximum absolute atomic E-state index is 9.26. The van der Waals surface area contributed by atoms with Crippen LogP contribution in [0.25, 0.3) is 0 Å². The van der Waals surface area contributed by atoms with Gasteiger partial charge in [0.25, 0.3) is 0 Å². The largest absolute Gasteiger partial charge is 0.393 e. The molecular formula is C10H13ClN4O. The molecule has 2 N–H and O–H groups in total. The molecule has 0 radical (unpaired) electrons. The standard InChI is InChI=1S/C10H13ClN4O/c11-9-8-10(13-4-12-9)14-5-15(8)3-6-1-7(16)2-6/h4,6-7,16H,1-3,5H2,(H,12,13,14). The van der Waals surface area contributed by atoms with Crippen LogP contribution in [0.5, 0.6) is 0 Å². The molecule has 0 unspecified atom stereocenters. The van der Waals surface area contributed by atoms with E-state index in [2.05, 4.69) is 20.2 Å². The van der Waals surface area contributed by atoms with Crippen LogP contribution in [-0.2, 0) is 0 Å². The Kier molecular flexibility index (Phi) is 2.37. The van der Waals surface area contributed by atoms with Crippen molar-refractivity contribution in [2.24, 2.45) is 5.92 Å². The first-order chi connectivity index (χ1) is 7.74. The van der Waals surface area contributed by atoms with Crippen molar-refractivity contribution in [2.75, 3.05) is 23.4 Å². The normalized spacial score (nSPS) is 27.2. The maximum Gasteiger partial charge on any atom is 0.158 e. The van der Waals surface area contributed by atoms with E-state index in [9.17, 15) is 5.11 Å². The first-order valence-electron chi connectivity index (χ1n) is 5.41. The molecule has 0 saturated heterocycles. The van der Waals surface area contributed by atoms with E-state index in [4.69, 9.17) is 11.6 Å². The summed E-state index contributed by atoms with van der Waals surface area (Å²) in [6.07, 6.45) is 3.13. The number of anilines is 2. The molecule has 1 aromatic heterocycles. The zero-order valence-corrected chi connectivity index (χ0v) is 9.48. The summed E-state index contributed by atoms with van der Waals surface area (Å²) < 4.78 is 0. The highest BCUT2D eigenvalue weighted by Crippen LogP contribution is 2.37. The number of hydrogen-bond donors (Lipinski definition) is 2. The molecule has 86 valence electrons. The number of aliphatic hydroxyl groups is 1. The van der Waals surface area contributed by atoms with E-state index in [-0.39, 0.29) is 6.10 Å². The quantitative estimate of drug-likeness (QED) is 0.758. The first-order valence-corrected chi connectivity index (χ1v) is 5.79. The lowest BCUT2D eigenvalue weighted by molar-refractivity contribution is 0.0462. The summed E-state index contributed by atoms with van der Waals surface area (Å²) in [6, 6.07) is 0. The van der Waals surface area contributed by atoms with Crippen molar-refractivity contribution in [3.8, 4) is 0 Å². The van der Waals surface area contributed by atoms with Gasteiger partial charge >= 0.3 is 0 Å². The molecule has 0 bridgehead atoms. The molecule has 16 heavy (non-hydrogen) atoms. The van der Waals surface area contributed by atoms with E-state index in [1.54, 1.807) is 0 Å². The Morgan fingerprint density at radius 1 is 1.50 bits per heavy atom. The molecule has 2 heterocycles. The van der Waals surface area contributed by atoms with E-state index in [0.29, 0.717) is 11.1 Å². The zero-order valence-electron chi connectivity index (χ0n) is 8.73. The topological polar surface area (TPSA) is 61.3 Å². The molecule has 1 fully saturated rings. The second kappa shape index (κ2) is 3.75. The van der Waals surface area contributed by atoms with Crippen molar-refractivity contribution in [3.63, 3.8) is 0 Å². The fourth-order valence-electron chi connectivity index (χ4n) is 2.33. The molecule has 1 aliphatic carbocycles. The Morgan fingerprint density at radius 3 is 3.06 bits per heavy atom. The maximum atomic E-state index is 9.26. The van der Waals surface area contributed by atoms with Gasteiger partial charge in [-0.2, -0.15) is 0 Å². The Hall–Kier alpha value is -1.07. The monoisotopic (exact) mass is 240 g/mol. The Morgan fingerprint density at radius 2 is 2.31 bits per heavy atom. The lowest BCUT2D eigenvalue weighted by atomic mass is 9.82. The van der Waals surface area contributed by atoms with Crippen molar-refractivity contribution < 1.29 is 5.11 Å². The molecule has 1 aromatic rings. The Labute approximate surface area is 98.5 Å². The van der Waals surface area contributed by atoms with Crippen LogP contribution < -0.4 is 10.2 Å². The molecule has 3 rings (SSSR count). The van der Waals surface area contributed by atoms with Gasteiger partial charge in [0.05, 0.1) is 12.8 Å². The van der Waals surface area contributed by atoms with Gasteiger partial charge in [0.1, 0.15) is 12.0 Å². The number of nitrogens with zero attached hydrogens (tertiary/aromatic N) is 3. The number of rotatable bonds is 2. The summed E-state index contributed by atoms with van der Waals surface area (Å²) in [4.78, 5) is 10.3. The van der Waals surface area contributed by atoms with Gasteiger partial charge in [0.15, 0.2) is 11.0 Å². The van der Waals surface area contributed by atoms with E-state index in [0.717, 1.165) is 37.6 Å². The highest BCUT2D eigenvalue weighted by molar-refractivity contribution is 6.32. The zero-order chi connectivity index (χ0) is 11.1. The molecular weight excluding hydrogens is 228 g/mol. The summed E-state index contributed by atoms with van der Waals surface area (Å²) >= 11 is 6.06. The van der Waals surface area contributed by atoms with Crippen LogP contribution in [0.2, 0.25) is 5.15 Å². The van der Waals surface area contributed by atoms with Gasteiger partial charge in [0, 0.05) is 6.54 Å². The van der Waals surface area contributed by atoms with Crippen LogP contribution in [0.15, 0.2) is 6.33 Å². The average molecular weight is 241 g/mol. The number of fused-ring (bicyclic) bond motifs is 1. The highest BCUT2D eigenvalue weighted by Gasteiger charge is 2.32. The van der Waals surface area contributed by atoms with Crippen molar-refractivity contribution in [1.82, 2.24) is 9.97 Å². The van der Waals surface area contributed by atoms with Gasteiger partial charge in [-0.05, 0) is 18.8 Å². The van der Waals surface area contributed by atoms with Crippen LogP contribution >= 0.6 is 11.6 Å². The van der Waals surface area contributed by atoms with E-state index < -0.39 is 0 Å². The smallest absolute Gasteiger partial charge is 0.158 e. The summed E-state index contributed by atoms with van der Waals surface area (Å²) in [5, 5.41) is 12.9. The molecule has 0 amide bonds. The van der Waals surface area contributed by atoms with Gasteiger partial charge in [-0.15, -0.1) is 0 Å². The fourth-order valence-corrected chi connectivity index (χ4v) is 2.59. The minimum absolute atomic E-state index is 0.109. The number of hydrogen-bond acceptors (Lipinski definition) is 5. The molecule has 0 atom stereocenters. The van der Waals surface area contributed by atoms with Crippen LogP contribution in [0.4, 0.5) is 11.5 Å². The van der Waals surface area contributed by atoms with Crippen LogP contribution in [0, 0.1) is 5.92 Å². The van der Waals surface area contributed by atoms with Crippen molar-refractivity contribution >= 4 is 23.1 Å². The summed E-state index contributed by atoms with van der Waals surface area (Å²) in [6.45, 7) is 1.63. The van der Waals surface area contributed by atoms with Crippen LogP contribution in [-0.4, -0.2) is 34.4 Å². The lowest BCUT2D eigenvalue weighted by Gasteiger charge is -2.34. The minimum Gasteiger partial charge on any atom is -0.393 e. The van der Waals surface area contributed by atoms with Crippen molar-refractivity contribution in [1.29, 1.82) is 0 Å². The third-order valence-corrected chi connectivity index (χ3v) is 3.50. The van der Waals surface area contributed by atoms with Gasteiger partial charge in [0.2, 0.25) is 0 Å². The van der Waals surface area contributed by atoms with Crippen molar-refractivity contribution in [2.45, 2.75) is 18.9 Å². The summed E-state index contributed by atoms with van der Waals surface area (Å²) in [5.74, 6) is 1.36. The van der Waals surface area contributed by atoms with E-state index >= 15 is 0 Å². The Bertz CT molecular complexity index is 408. The van der Waals surface area contributed by atoms with Gasteiger partial charge in [-0.25, -0.2) is 9.97 Å². The second-order valence-electron chi connectivity index (χ2n) is 4.41. The molecule has 5 nitrogen and oxygen atoms in total. The van der Waals surface area contributed by atoms with Crippen LogP contribution in [0.3, 0.4) is 0 Å². The third kappa shape index (κ3) is 1.60. The predicted octanol–water partition coefficient (Wildman–Crippen LogP) is 1.09. The van der Waals surface area contributed by atoms with Gasteiger partial charge < -0.3 is 15.3 Å². The molecule has 0 aromatic carbocycles. The average Bonchev–Trinajstić information content (AvgIpc) is 2.61. The number of aromatic nitrogens is 2. The predicted molar refractivity (Wildman–Crippen MR) is 61.6 cm³/mol.